The molecule has 0 aromatic heterocycles. The minimum Gasteiger partial charge on any atom is -0.507 e. The SMILES string of the molecule is C/C(=C\C(=O)c1c(C)c(O)c(C)c(C)c1O)CCCC(C)CCCC(C)CCCC(C)C. The van der Waals surface area contributed by atoms with Crippen molar-refractivity contribution < 1.29 is 15.0 Å². The van der Waals surface area contributed by atoms with Crippen molar-refractivity contribution in [2.75, 3.05) is 0 Å². The number of hydrogen-bond donors (Lipinski definition) is 2. The van der Waals surface area contributed by atoms with Gasteiger partial charge in [0.15, 0.2) is 5.78 Å². The maximum absolute atomic E-state index is 12.8. The molecule has 1 aromatic carbocycles. The summed E-state index contributed by atoms with van der Waals surface area (Å²) in [7, 11) is 0. The van der Waals surface area contributed by atoms with Crippen molar-refractivity contribution >= 4 is 5.78 Å². The molecule has 32 heavy (non-hydrogen) atoms. The van der Waals surface area contributed by atoms with Gasteiger partial charge >= 0.3 is 0 Å². The van der Waals surface area contributed by atoms with Crippen LogP contribution in [0.5, 0.6) is 11.5 Å². The van der Waals surface area contributed by atoms with Gasteiger partial charge in [-0.3, -0.25) is 4.79 Å². The predicted octanol–water partition coefficient (Wildman–Crippen LogP) is 8.59. The fourth-order valence-corrected chi connectivity index (χ4v) is 4.50. The van der Waals surface area contributed by atoms with Gasteiger partial charge in [0.05, 0.1) is 5.56 Å². The van der Waals surface area contributed by atoms with Gasteiger partial charge in [0, 0.05) is 5.56 Å². The lowest BCUT2D eigenvalue weighted by molar-refractivity contribution is 0.104. The molecule has 0 saturated heterocycles. The Morgan fingerprint density at radius 3 is 1.75 bits per heavy atom. The summed E-state index contributed by atoms with van der Waals surface area (Å²) in [6, 6.07) is 0. The molecule has 0 amide bonds. The Morgan fingerprint density at radius 2 is 1.22 bits per heavy atom. The second-order valence-electron chi connectivity index (χ2n) is 10.7. The Balaban J connectivity index is 2.45. The number of allylic oxidation sites excluding steroid dienone is 2. The lowest BCUT2D eigenvalue weighted by atomic mass is 9.91. The van der Waals surface area contributed by atoms with E-state index in [4.69, 9.17) is 0 Å². The van der Waals surface area contributed by atoms with Crippen LogP contribution in [0.25, 0.3) is 0 Å². The van der Waals surface area contributed by atoms with Crippen LogP contribution in [0.2, 0.25) is 0 Å². The summed E-state index contributed by atoms with van der Waals surface area (Å²) < 4.78 is 0. The van der Waals surface area contributed by atoms with E-state index in [9.17, 15) is 15.0 Å². The molecule has 0 spiro atoms. The highest BCUT2D eigenvalue weighted by molar-refractivity contribution is 6.08. The summed E-state index contributed by atoms with van der Waals surface area (Å²) in [5, 5.41) is 20.7. The Morgan fingerprint density at radius 1 is 0.750 bits per heavy atom. The molecule has 0 heterocycles. The molecule has 2 atom stereocenters. The Bertz CT molecular complexity index is 744. The summed E-state index contributed by atoms with van der Waals surface area (Å²) >= 11 is 0. The number of carbonyl (C=O) groups excluding carboxylic acids is 1. The lowest BCUT2D eigenvalue weighted by Crippen LogP contribution is -2.03. The largest absolute Gasteiger partial charge is 0.507 e. The fraction of sp³-hybridized carbons (Fsp3) is 0.690. The van der Waals surface area contributed by atoms with Crippen LogP contribution in [0.4, 0.5) is 0 Å². The standard InChI is InChI=1S/C29H48O3/c1-19(2)12-9-13-20(3)14-10-15-21(4)16-11-17-22(5)18-26(30)27-25(8)28(31)23(6)24(7)29(27)32/h18-21,31-32H,9-17H2,1-8H3/b22-18+. The van der Waals surface area contributed by atoms with Gasteiger partial charge in [0.2, 0.25) is 0 Å². The first-order chi connectivity index (χ1) is 15.0. The van der Waals surface area contributed by atoms with Gasteiger partial charge < -0.3 is 10.2 Å². The van der Waals surface area contributed by atoms with Crippen LogP contribution in [0.3, 0.4) is 0 Å². The number of benzene rings is 1. The van der Waals surface area contributed by atoms with Crippen molar-refractivity contribution in [3.05, 3.63) is 33.9 Å². The maximum atomic E-state index is 12.8. The molecule has 3 nitrogen and oxygen atoms in total. The van der Waals surface area contributed by atoms with Gasteiger partial charge in [-0.15, -0.1) is 0 Å². The normalized spacial score (nSPS) is 14.1. The van der Waals surface area contributed by atoms with Crippen molar-refractivity contribution in [1.82, 2.24) is 0 Å². The molecular weight excluding hydrogens is 396 g/mol. The third-order valence-electron chi connectivity index (χ3n) is 7.00. The minimum absolute atomic E-state index is 0.0149. The molecule has 0 saturated carbocycles. The van der Waals surface area contributed by atoms with E-state index in [-0.39, 0.29) is 22.8 Å². The zero-order chi connectivity index (χ0) is 24.4. The molecule has 0 aliphatic rings. The maximum Gasteiger partial charge on any atom is 0.189 e. The molecule has 2 N–H and O–H groups in total. The second-order valence-corrected chi connectivity index (χ2v) is 10.7. The van der Waals surface area contributed by atoms with E-state index in [1.165, 1.54) is 44.9 Å². The zero-order valence-electron chi connectivity index (χ0n) is 22.0. The number of aromatic hydroxyl groups is 2. The first kappa shape index (κ1) is 28.3. The molecule has 0 aliphatic heterocycles. The molecular formula is C29H48O3. The topological polar surface area (TPSA) is 57.5 Å². The Kier molecular flexibility index (Phi) is 12.1. The van der Waals surface area contributed by atoms with Gasteiger partial charge in [-0.25, -0.2) is 0 Å². The molecule has 182 valence electrons. The van der Waals surface area contributed by atoms with Crippen LogP contribution >= 0.6 is 0 Å². The highest BCUT2D eigenvalue weighted by Gasteiger charge is 2.20. The lowest BCUT2D eigenvalue weighted by Gasteiger charge is -2.15. The smallest absolute Gasteiger partial charge is 0.189 e. The minimum atomic E-state index is -0.226. The van der Waals surface area contributed by atoms with E-state index in [1.54, 1.807) is 26.8 Å². The Labute approximate surface area is 197 Å². The third kappa shape index (κ3) is 9.00. The zero-order valence-corrected chi connectivity index (χ0v) is 22.0. The van der Waals surface area contributed by atoms with Crippen LogP contribution in [-0.4, -0.2) is 16.0 Å². The summed E-state index contributed by atoms with van der Waals surface area (Å²) in [5.74, 6) is 2.22. The van der Waals surface area contributed by atoms with Crippen molar-refractivity contribution in [3.8, 4) is 11.5 Å². The summed E-state index contributed by atoms with van der Waals surface area (Å²) in [6.07, 6.45) is 12.8. The second kappa shape index (κ2) is 13.7. The van der Waals surface area contributed by atoms with E-state index >= 15 is 0 Å². The average Bonchev–Trinajstić information content (AvgIpc) is 2.70. The highest BCUT2D eigenvalue weighted by Crippen LogP contribution is 2.36. The van der Waals surface area contributed by atoms with Crippen LogP contribution in [0.15, 0.2) is 11.6 Å². The van der Waals surface area contributed by atoms with Gasteiger partial charge in [0.1, 0.15) is 11.5 Å². The predicted molar refractivity (Wildman–Crippen MR) is 137 cm³/mol. The first-order valence-corrected chi connectivity index (χ1v) is 12.7. The molecule has 1 aromatic rings. The number of phenols is 2. The van der Waals surface area contributed by atoms with Crippen LogP contribution in [0.1, 0.15) is 119 Å². The molecule has 1 rings (SSSR count). The molecule has 0 radical (unpaired) electrons. The van der Waals surface area contributed by atoms with E-state index in [0.29, 0.717) is 22.6 Å². The van der Waals surface area contributed by atoms with Crippen molar-refractivity contribution in [2.45, 2.75) is 113 Å². The molecule has 2 unspecified atom stereocenters. The first-order valence-electron chi connectivity index (χ1n) is 12.7. The molecule has 0 bridgehead atoms. The summed E-state index contributed by atoms with van der Waals surface area (Å²) in [5.41, 5.74) is 2.88. The van der Waals surface area contributed by atoms with Crippen molar-refractivity contribution in [1.29, 1.82) is 0 Å². The Hall–Kier alpha value is -1.77. The average molecular weight is 445 g/mol. The number of rotatable bonds is 14. The van der Waals surface area contributed by atoms with E-state index in [0.717, 1.165) is 30.3 Å². The van der Waals surface area contributed by atoms with Gasteiger partial charge in [0.25, 0.3) is 0 Å². The number of hydrogen-bond acceptors (Lipinski definition) is 3. The highest BCUT2D eigenvalue weighted by atomic mass is 16.3. The van der Waals surface area contributed by atoms with Crippen LogP contribution in [0, 0.1) is 38.5 Å². The van der Waals surface area contributed by atoms with Gasteiger partial charge in [-0.05, 0) is 75.5 Å². The third-order valence-corrected chi connectivity index (χ3v) is 7.00. The molecule has 3 heteroatoms. The quantitative estimate of drug-likeness (QED) is 0.171. The van der Waals surface area contributed by atoms with Gasteiger partial charge in [-0.2, -0.15) is 0 Å². The van der Waals surface area contributed by atoms with E-state index < -0.39 is 0 Å². The van der Waals surface area contributed by atoms with Gasteiger partial charge in [-0.1, -0.05) is 78.2 Å². The van der Waals surface area contributed by atoms with E-state index in [2.05, 4.69) is 27.7 Å². The summed E-state index contributed by atoms with van der Waals surface area (Å²) in [4.78, 5) is 12.8. The number of phenolic OH excluding ortho intramolecular Hbond substituents is 2. The van der Waals surface area contributed by atoms with E-state index in [1.807, 2.05) is 6.92 Å². The fourth-order valence-electron chi connectivity index (χ4n) is 4.50. The monoisotopic (exact) mass is 444 g/mol. The molecule has 0 aliphatic carbocycles. The van der Waals surface area contributed by atoms with Crippen LogP contribution < -0.4 is 0 Å². The van der Waals surface area contributed by atoms with Crippen molar-refractivity contribution in [2.24, 2.45) is 17.8 Å². The summed E-state index contributed by atoms with van der Waals surface area (Å²) in [6.45, 7) is 16.5. The molecule has 0 fully saturated rings. The van der Waals surface area contributed by atoms with Crippen LogP contribution in [-0.2, 0) is 0 Å². The number of carbonyl (C=O) groups is 1. The number of ketones is 1. The van der Waals surface area contributed by atoms with Crippen molar-refractivity contribution in [3.63, 3.8) is 0 Å².